The van der Waals surface area contributed by atoms with E-state index in [1.165, 1.54) is 13.8 Å². The molecule has 1 rings (SSSR count). The largest absolute Gasteiger partial charge is 0.573 e. The second kappa shape index (κ2) is 7.91. The van der Waals surface area contributed by atoms with E-state index in [9.17, 15) is 31.2 Å². The number of hydrogen-bond donors (Lipinski definition) is 3. The third-order valence-corrected chi connectivity index (χ3v) is 4.80. The molecule has 146 valence electrons. The Hall–Kier alpha value is -2.34. The van der Waals surface area contributed by atoms with Crippen LogP contribution >= 0.6 is 0 Å². The van der Waals surface area contributed by atoms with Gasteiger partial charge in [-0.3, -0.25) is 4.79 Å². The van der Waals surface area contributed by atoms with E-state index in [0.29, 0.717) is 0 Å². The van der Waals surface area contributed by atoms with Crippen molar-refractivity contribution in [2.24, 2.45) is 0 Å². The number of ether oxygens (including phenoxy) is 1. The Bertz CT molecular complexity index is 764. The van der Waals surface area contributed by atoms with Crippen LogP contribution in [0.4, 0.5) is 13.2 Å². The zero-order chi connectivity index (χ0) is 20.2. The highest BCUT2D eigenvalue weighted by Gasteiger charge is 2.33. The summed E-state index contributed by atoms with van der Waals surface area (Å²) in [7, 11) is -4.19. The summed E-state index contributed by atoms with van der Waals surface area (Å²) in [5.74, 6) is -2.76. The maximum Gasteiger partial charge on any atom is 0.573 e. The van der Waals surface area contributed by atoms with Crippen molar-refractivity contribution in [3.8, 4) is 5.75 Å². The van der Waals surface area contributed by atoms with E-state index in [4.69, 9.17) is 5.11 Å². The lowest BCUT2D eigenvalue weighted by atomic mass is 9.99. The summed E-state index contributed by atoms with van der Waals surface area (Å²) in [6.45, 7) is 2.05. The van der Waals surface area contributed by atoms with Crippen molar-refractivity contribution in [1.82, 2.24) is 10.0 Å². The summed E-state index contributed by atoms with van der Waals surface area (Å²) in [4.78, 5) is 22.5. The van der Waals surface area contributed by atoms with E-state index >= 15 is 0 Å². The lowest BCUT2D eigenvalue weighted by Crippen LogP contribution is -2.54. The van der Waals surface area contributed by atoms with E-state index in [1.807, 2.05) is 4.72 Å². The highest BCUT2D eigenvalue weighted by Crippen LogP contribution is 2.23. The van der Waals surface area contributed by atoms with Crippen LogP contribution < -0.4 is 14.8 Å². The number of carboxylic acids is 1. The number of benzene rings is 1. The molecule has 1 atom stereocenters. The number of hydrogen-bond acceptors (Lipinski definition) is 5. The Labute approximate surface area is 147 Å². The number of amides is 1. The number of carbonyl (C=O) groups is 2. The molecular formula is C14H17F3N2O6S. The summed E-state index contributed by atoms with van der Waals surface area (Å²) < 4.78 is 65.8. The molecule has 1 aromatic carbocycles. The van der Waals surface area contributed by atoms with Crippen LogP contribution in [0.5, 0.6) is 5.75 Å². The normalized spacial score (nSPS) is 14.3. The van der Waals surface area contributed by atoms with Crippen LogP contribution in [0.15, 0.2) is 29.2 Å². The van der Waals surface area contributed by atoms with Gasteiger partial charge in [-0.05, 0) is 37.6 Å². The fourth-order valence-corrected chi connectivity index (χ4v) is 2.69. The second-order valence-corrected chi connectivity index (χ2v) is 7.15. The molecule has 0 aromatic heterocycles. The lowest BCUT2D eigenvalue weighted by molar-refractivity contribution is -0.274. The summed E-state index contributed by atoms with van der Waals surface area (Å²) in [6.07, 6.45) is -4.84. The van der Waals surface area contributed by atoms with Crippen LogP contribution in [-0.4, -0.2) is 43.8 Å². The van der Waals surface area contributed by atoms with Crippen LogP contribution in [0, 0.1) is 0 Å². The van der Waals surface area contributed by atoms with Crippen molar-refractivity contribution in [3.63, 3.8) is 0 Å². The van der Waals surface area contributed by atoms with E-state index in [-0.39, 0.29) is 6.42 Å². The van der Waals surface area contributed by atoms with Crippen LogP contribution in [0.3, 0.4) is 0 Å². The van der Waals surface area contributed by atoms with Gasteiger partial charge in [0.25, 0.3) is 0 Å². The van der Waals surface area contributed by atoms with Crippen molar-refractivity contribution in [2.75, 3.05) is 6.54 Å². The summed E-state index contributed by atoms with van der Waals surface area (Å²) >= 11 is 0. The number of carboxylic acid groups (broad SMARTS) is 1. The Morgan fingerprint density at radius 1 is 1.19 bits per heavy atom. The molecule has 0 radical (unpaired) electrons. The summed E-state index contributed by atoms with van der Waals surface area (Å²) in [5, 5.41) is 11.2. The van der Waals surface area contributed by atoms with Crippen molar-refractivity contribution in [2.45, 2.75) is 37.1 Å². The number of rotatable bonds is 8. The van der Waals surface area contributed by atoms with Gasteiger partial charge in [0.1, 0.15) is 11.3 Å². The molecule has 1 amide bonds. The van der Waals surface area contributed by atoms with Gasteiger partial charge < -0.3 is 15.2 Å². The molecule has 0 aliphatic heterocycles. The molecule has 0 aliphatic carbocycles. The topological polar surface area (TPSA) is 122 Å². The number of aliphatic carboxylic acids is 1. The molecule has 0 saturated carbocycles. The van der Waals surface area contributed by atoms with Gasteiger partial charge in [-0.2, -0.15) is 0 Å². The minimum Gasteiger partial charge on any atom is -0.480 e. The van der Waals surface area contributed by atoms with Gasteiger partial charge in [-0.25, -0.2) is 17.9 Å². The zero-order valence-corrected chi connectivity index (χ0v) is 14.6. The highest BCUT2D eigenvalue weighted by atomic mass is 32.2. The van der Waals surface area contributed by atoms with E-state index in [1.54, 1.807) is 0 Å². The first kappa shape index (κ1) is 21.7. The van der Waals surface area contributed by atoms with Crippen molar-refractivity contribution < 1.29 is 41.0 Å². The molecular weight excluding hydrogens is 381 g/mol. The third-order valence-electron chi connectivity index (χ3n) is 3.38. The molecule has 8 nitrogen and oxygen atoms in total. The first-order valence-corrected chi connectivity index (χ1v) is 8.67. The number of halogens is 3. The second-order valence-electron chi connectivity index (χ2n) is 5.38. The predicted octanol–water partition coefficient (Wildman–Crippen LogP) is 1.23. The molecule has 0 aliphatic rings. The van der Waals surface area contributed by atoms with Crippen LogP contribution in [0.1, 0.15) is 20.3 Å². The molecule has 3 N–H and O–H groups in total. The molecule has 0 fully saturated rings. The monoisotopic (exact) mass is 398 g/mol. The Morgan fingerprint density at radius 3 is 2.15 bits per heavy atom. The summed E-state index contributed by atoms with van der Waals surface area (Å²) in [6, 6.07) is 3.35. The van der Waals surface area contributed by atoms with Gasteiger partial charge in [0.2, 0.25) is 15.9 Å². The van der Waals surface area contributed by atoms with Crippen LogP contribution in [-0.2, 0) is 19.6 Å². The van der Waals surface area contributed by atoms with E-state index in [0.717, 1.165) is 24.3 Å². The number of alkyl halides is 3. The molecule has 0 spiro atoms. The van der Waals surface area contributed by atoms with Gasteiger partial charge in [0, 0.05) is 0 Å². The molecule has 0 heterocycles. The zero-order valence-electron chi connectivity index (χ0n) is 13.8. The van der Waals surface area contributed by atoms with Gasteiger partial charge in [-0.15, -0.1) is 13.2 Å². The molecule has 26 heavy (non-hydrogen) atoms. The molecule has 1 unspecified atom stereocenters. The molecule has 12 heteroatoms. The minimum absolute atomic E-state index is 0.0709. The smallest absolute Gasteiger partial charge is 0.480 e. The minimum atomic E-state index is -4.91. The average Bonchev–Trinajstić information content (AvgIpc) is 2.51. The van der Waals surface area contributed by atoms with Gasteiger partial charge in [-0.1, -0.05) is 6.92 Å². The number of sulfonamides is 1. The van der Waals surface area contributed by atoms with Gasteiger partial charge in [0.15, 0.2) is 0 Å². The number of carbonyl (C=O) groups excluding carboxylic acids is 1. The fraction of sp³-hybridized carbons (Fsp3) is 0.429. The predicted molar refractivity (Wildman–Crippen MR) is 82.8 cm³/mol. The molecule has 0 bridgehead atoms. The molecule has 1 aromatic rings. The maximum absolute atomic E-state index is 12.1. The van der Waals surface area contributed by atoms with Gasteiger partial charge in [0.05, 0.1) is 11.4 Å². The fourth-order valence-electron chi connectivity index (χ4n) is 1.71. The standard InChI is InChI=1S/C14H17F3N2O6S/c1-3-13(2,12(21)22)19-11(20)8-18-26(23,24)10-6-4-9(5-7-10)25-14(15,16)17/h4-7,18H,3,8H2,1-2H3,(H,19,20)(H,21,22). The quantitative estimate of drug-likeness (QED) is 0.606. The highest BCUT2D eigenvalue weighted by molar-refractivity contribution is 7.89. The Kier molecular flexibility index (Phi) is 6.60. The molecule has 0 saturated heterocycles. The van der Waals surface area contributed by atoms with Crippen LogP contribution in [0.2, 0.25) is 0 Å². The van der Waals surface area contributed by atoms with E-state index < -0.39 is 51.0 Å². The number of nitrogens with one attached hydrogen (secondary N) is 2. The first-order valence-electron chi connectivity index (χ1n) is 7.19. The van der Waals surface area contributed by atoms with Crippen LogP contribution in [0.25, 0.3) is 0 Å². The van der Waals surface area contributed by atoms with Crippen molar-refractivity contribution in [3.05, 3.63) is 24.3 Å². The van der Waals surface area contributed by atoms with E-state index in [2.05, 4.69) is 10.1 Å². The van der Waals surface area contributed by atoms with Crippen molar-refractivity contribution >= 4 is 21.9 Å². The van der Waals surface area contributed by atoms with Gasteiger partial charge >= 0.3 is 12.3 Å². The maximum atomic E-state index is 12.1. The first-order chi connectivity index (χ1) is 11.8. The lowest BCUT2D eigenvalue weighted by Gasteiger charge is -2.24. The SMILES string of the molecule is CCC(C)(NC(=O)CNS(=O)(=O)c1ccc(OC(F)(F)F)cc1)C(=O)O. The average molecular weight is 398 g/mol. The summed E-state index contributed by atoms with van der Waals surface area (Å²) in [5.41, 5.74) is -1.56. The third kappa shape index (κ3) is 6.19. The van der Waals surface area contributed by atoms with Crippen molar-refractivity contribution in [1.29, 1.82) is 0 Å². The Morgan fingerprint density at radius 2 is 1.73 bits per heavy atom. The Balaban J connectivity index is 2.75.